The Bertz CT molecular complexity index is 1710. The minimum absolute atomic E-state index is 0. The number of carbonyl (C=O) groups excluding carboxylic acids is 1. The molecule has 4 aliphatic carbocycles. The number of aliphatic hydroxyl groups excluding tert-OH is 1. The summed E-state index contributed by atoms with van der Waals surface area (Å²) in [4.78, 5) is 12.9. The van der Waals surface area contributed by atoms with Gasteiger partial charge in [-0.15, -0.1) is 0 Å². The summed E-state index contributed by atoms with van der Waals surface area (Å²) in [5.41, 5.74) is 7.25. The van der Waals surface area contributed by atoms with Crippen LogP contribution in [-0.2, 0) is 34.5 Å². The number of carbonyl (C=O) groups is 1. The van der Waals surface area contributed by atoms with Gasteiger partial charge in [-0.1, -0.05) is 116 Å². The number of hydrogen-bond acceptors (Lipinski definition) is 4. The molecular formula is C48H73BBr2NaO4Si2. The summed E-state index contributed by atoms with van der Waals surface area (Å²) in [5, 5.41) is 10.8. The molecule has 3 atom stereocenters. The molecule has 4 nitrogen and oxygen atoms in total. The van der Waals surface area contributed by atoms with Crippen molar-refractivity contribution in [2.24, 2.45) is 35.5 Å². The molecule has 10 heteroatoms. The van der Waals surface area contributed by atoms with E-state index in [2.05, 4.69) is 122 Å². The van der Waals surface area contributed by atoms with Crippen molar-refractivity contribution in [1.82, 2.24) is 0 Å². The molecule has 58 heavy (non-hydrogen) atoms. The molecule has 0 saturated heterocycles. The van der Waals surface area contributed by atoms with Gasteiger partial charge in [-0.25, -0.2) is 0 Å². The number of fused-ring (bicyclic) bond motifs is 2. The van der Waals surface area contributed by atoms with Crippen LogP contribution in [0.5, 0.6) is 0 Å². The van der Waals surface area contributed by atoms with Gasteiger partial charge in [0, 0.05) is 28.5 Å². The summed E-state index contributed by atoms with van der Waals surface area (Å²) in [7, 11) is -3.61. The van der Waals surface area contributed by atoms with E-state index in [0.717, 1.165) is 69.3 Å². The number of benzene rings is 2. The molecule has 4 aliphatic rings. The quantitative estimate of drug-likeness (QED) is 0.0887. The second kappa shape index (κ2) is 22.8. The Morgan fingerprint density at radius 2 is 1.09 bits per heavy atom. The van der Waals surface area contributed by atoms with E-state index in [4.69, 9.17) is 8.85 Å². The van der Waals surface area contributed by atoms with Crippen LogP contribution in [-0.4, -0.2) is 35.9 Å². The number of rotatable bonds is 14. The van der Waals surface area contributed by atoms with Gasteiger partial charge in [0.25, 0.3) is 0 Å². The topological polar surface area (TPSA) is 55.8 Å². The van der Waals surface area contributed by atoms with Gasteiger partial charge in [0.1, 0.15) is 17.6 Å². The zero-order valence-corrected chi connectivity index (χ0v) is 44.8. The molecule has 2 fully saturated rings. The van der Waals surface area contributed by atoms with Crippen LogP contribution in [0.2, 0.25) is 39.3 Å². The van der Waals surface area contributed by atoms with E-state index in [1.807, 2.05) is 0 Å². The van der Waals surface area contributed by atoms with E-state index in [0.29, 0.717) is 11.3 Å². The summed E-state index contributed by atoms with van der Waals surface area (Å²) in [6.45, 7) is 25.1. The van der Waals surface area contributed by atoms with Gasteiger partial charge in [0.15, 0.2) is 0 Å². The van der Waals surface area contributed by atoms with Crippen LogP contribution in [0.1, 0.15) is 137 Å². The molecule has 2 saturated carbocycles. The van der Waals surface area contributed by atoms with Crippen molar-refractivity contribution in [3.05, 3.63) is 91.3 Å². The Morgan fingerprint density at radius 3 is 1.50 bits per heavy atom. The zero-order chi connectivity index (χ0) is 40.9. The molecular weight excluding hydrogens is 890 g/mol. The smallest absolute Gasteiger partial charge is 1.00 e. The number of ketones is 1. The van der Waals surface area contributed by atoms with Crippen molar-refractivity contribution < 1.29 is 49.7 Å². The number of aliphatic hydroxyl groups is 1. The van der Waals surface area contributed by atoms with Crippen molar-refractivity contribution >= 4 is 62.7 Å². The first-order valence-corrected chi connectivity index (χ1v) is 30.4. The molecule has 0 aliphatic heterocycles. The van der Waals surface area contributed by atoms with Crippen LogP contribution >= 0.6 is 31.9 Å². The minimum Gasteiger partial charge on any atom is -1.00 e. The monoisotopic (exact) mass is 961 g/mol. The minimum atomic E-state index is -1.83. The molecule has 2 aromatic carbocycles. The molecule has 0 heterocycles. The summed E-state index contributed by atoms with van der Waals surface area (Å²) in [6.07, 6.45) is 20.6. The summed E-state index contributed by atoms with van der Waals surface area (Å²) in [6, 6.07) is 8.71. The van der Waals surface area contributed by atoms with Gasteiger partial charge in [0.2, 0.25) is 22.4 Å². The molecule has 0 aromatic heterocycles. The third kappa shape index (κ3) is 14.3. The predicted molar refractivity (Wildman–Crippen MR) is 254 cm³/mol. The van der Waals surface area contributed by atoms with E-state index in [1.54, 1.807) is 0 Å². The third-order valence-corrected chi connectivity index (χ3v) is 16.1. The van der Waals surface area contributed by atoms with Crippen LogP contribution in [0, 0.1) is 35.5 Å². The van der Waals surface area contributed by atoms with Gasteiger partial charge in [-0.2, -0.15) is 0 Å². The maximum Gasteiger partial charge on any atom is 1.00 e. The molecule has 0 spiro atoms. The van der Waals surface area contributed by atoms with Gasteiger partial charge in [-0.3, -0.25) is 4.79 Å². The summed E-state index contributed by atoms with van der Waals surface area (Å²) < 4.78 is 13.7. The molecule has 1 N–H and O–H groups in total. The van der Waals surface area contributed by atoms with Crippen molar-refractivity contribution in [1.29, 1.82) is 0 Å². The SMILES string of the molecule is C=C(O[Si](C)(C)C)C(=O)c1cc2c(cc1Br)CC(C1CCC(CCC)CC1)C2.C=C(O[Si](C)(C)C)C(O)c1cc2c(cc1Br)CC(C1CCC(CCC)CC1)C2.[B].[H-].[Na+]. The zero-order valence-electron chi connectivity index (χ0n) is 38.6. The third-order valence-electron chi connectivity index (χ3n) is 13.0. The first-order valence-electron chi connectivity index (χ1n) is 22.0. The molecule has 0 bridgehead atoms. The molecule has 6 rings (SSSR count). The fourth-order valence-electron chi connectivity index (χ4n) is 10.3. The molecule has 0 amide bonds. The van der Waals surface area contributed by atoms with Crippen molar-refractivity contribution in [3.63, 3.8) is 0 Å². The molecule has 3 unspecified atom stereocenters. The Labute approximate surface area is 397 Å². The van der Waals surface area contributed by atoms with E-state index in [-0.39, 0.29) is 50.9 Å². The van der Waals surface area contributed by atoms with E-state index < -0.39 is 22.7 Å². The van der Waals surface area contributed by atoms with Crippen molar-refractivity contribution in [3.8, 4) is 0 Å². The predicted octanol–water partition coefficient (Wildman–Crippen LogP) is 11.2. The molecule has 315 valence electrons. The number of allylic oxidation sites excluding steroid dienone is 1. The van der Waals surface area contributed by atoms with Gasteiger partial charge >= 0.3 is 29.6 Å². The summed E-state index contributed by atoms with van der Waals surface area (Å²) >= 11 is 7.33. The second-order valence-corrected chi connectivity index (χ2v) is 30.3. The standard InChI is InChI=1S/C24H37BrO2Si.C24H35BrO2Si.B.Na.H/c2*1-6-7-17-8-10-18(11-9-17)19-12-20-14-22(23(25)15-21(20)13-19)24(26)16(2)27-28(3,4)5;;;/h14-15,17-19,24,26H,2,6-13H2,1,3-5H3;14-15,17-19H,2,6-13H2,1,3-5H3;;;/q;;;+1;-1. The van der Waals surface area contributed by atoms with Gasteiger partial charge in [0.05, 0.1) is 0 Å². The maximum absolute atomic E-state index is 12.9. The van der Waals surface area contributed by atoms with Crippen molar-refractivity contribution in [2.75, 3.05) is 0 Å². The van der Waals surface area contributed by atoms with Crippen molar-refractivity contribution in [2.45, 2.75) is 162 Å². The fraction of sp³-hybridized carbons (Fsp3) is 0.646. The first-order chi connectivity index (χ1) is 26.3. The Hall–Kier alpha value is -0.391. The molecule has 2 aromatic rings. The Kier molecular flexibility index (Phi) is 20.4. The number of Topliss-reactive ketones (excluding diaryl/α,β-unsaturated/α-hetero) is 1. The average Bonchev–Trinajstić information content (AvgIpc) is 3.73. The maximum atomic E-state index is 12.9. The van der Waals surface area contributed by atoms with Gasteiger partial charge < -0.3 is 15.4 Å². The second-order valence-electron chi connectivity index (χ2n) is 19.8. The van der Waals surface area contributed by atoms with Crippen LogP contribution in [0.15, 0.2) is 57.9 Å². The van der Waals surface area contributed by atoms with Crippen LogP contribution in [0.4, 0.5) is 0 Å². The van der Waals surface area contributed by atoms with E-state index >= 15 is 0 Å². The van der Waals surface area contributed by atoms with E-state index in [9.17, 15) is 9.90 Å². The normalized spacial score (nSPS) is 24.5. The van der Waals surface area contributed by atoms with E-state index in [1.165, 1.54) is 106 Å². The first kappa shape index (κ1) is 52.0. The van der Waals surface area contributed by atoms with Crippen LogP contribution < -0.4 is 29.6 Å². The van der Waals surface area contributed by atoms with Crippen LogP contribution in [0.3, 0.4) is 0 Å². The fourth-order valence-corrected chi connectivity index (χ4v) is 13.2. The average molecular weight is 964 g/mol. The number of halogens is 2. The Morgan fingerprint density at radius 1 is 0.690 bits per heavy atom. The number of hydrogen-bond donors (Lipinski definition) is 1. The largest absolute Gasteiger partial charge is 1.00 e. The Balaban J connectivity index is 0.000000387. The molecule has 3 radical (unpaired) electrons. The van der Waals surface area contributed by atoms with Crippen LogP contribution in [0.25, 0.3) is 0 Å². The summed E-state index contributed by atoms with van der Waals surface area (Å²) in [5.74, 6) is 5.85. The van der Waals surface area contributed by atoms with Gasteiger partial charge in [-0.05, 0) is 167 Å².